The number of halogens is 1. The third-order valence-corrected chi connectivity index (χ3v) is 2.78. The molecule has 0 aliphatic carbocycles. The Labute approximate surface area is 105 Å². The summed E-state index contributed by atoms with van der Waals surface area (Å²) in [6.45, 7) is 1.97. The first kappa shape index (κ1) is 11.9. The molecule has 0 aliphatic heterocycles. The zero-order valence-corrected chi connectivity index (χ0v) is 10.3. The fourth-order valence-corrected chi connectivity index (χ4v) is 1.90. The largest absolute Gasteiger partial charge is 0.325 e. The van der Waals surface area contributed by atoms with Gasteiger partial charge in [0.15, 0.2) is 0 Å². The van der Waals surface area contributed by atoms with Crippen LogP contribution in [0.2, 0.25) is 5.02 Å². The van der Waals surface area contributed by atoms with Gasteiger partial charge in [-0.2, -0.15) is 0 Å². The molecule has 0 atom stereocenters. The van der Waals surface area contributed by atoms with E-state index in [1.807, 2.05) is 19.1 Å². The van der Waals surface area contributed by atoms with Gasteiger partial charge in [-0.3, -0.25) is 9.78 Å². The number of pyridine rings is 1. The SMILES string of the molecule is CCCC(=O)Nc1ccc(Cl)c2ncccc12. The molecule has 1 N–H and O–H groups in total. The Morgan fingerprint density at radius 2 is 2.24 bits per heavy atom. The van der Waals surface area contributed by atoms with Gasteiger partial charge in [0, 0.05) is 18.0 Å². The van der Waals surface area contributed by atoms with Crippen LogP contribution in [0.4, 0.5) is 5.69 Å². The van der Waals surface area contributed by atoms with Gasteiger partial charge in [-0.05, 0) is 30.7 Å². The highest BCUT2D eigenvalue weighted by molar-refractivity contribution is 6.35. The summed E-state index contributed by atoms with van der Waals surface area (Å²) in [7, 11) is 0. The average Bonchev–Trinajstić information content (AvgIpc) is 2.34. The minimum absolute atomic E-state index is 0.0139. The topological polar surface area (TPSA) is 42.0 Å². The minimum Gasteiger partial charge on any atom is -0.325 e. The van der Waals surface area contributed by atoms with Gasteiger partial charge in [0.25, 0.3) is 0 Å². The van der Waals surface area contributed by atoms with Gasteiger partial charge >= 0.3 is 0 Å². The molecule has 0 bridgehead atoms. The van der Waals surface area contributed by atoms with Crippen molar-refractivity contribution in [2.24, 2.45) is 0 Å². The summed E-state index contributed by atoms with van der Waals surface area (Å²) in [6.07, 6.45) is 3.03. The Morgan fingerprint density at radius 3 is 3.00 bits per heavy atom. The normalized spacial score (nSPS) is 10.5. The molecule has 2 aromatic rings. The number of carbonyl (C=O) groups excluding carboxylic acids is 1. The van der Waals surface area contributed by atoms with Crippen molar-refractivity contribution in [2.45, 2.75) is 19.8 Å². The number of hydrogen-bond acceptors (Lipinski definition) is 2. The van der Waals surface area contributed by atoms with Gasteiger partial charge in [-0.1, -0.05) is 18.5 Å². The van der Waals surface area contributed by atoms with Crippen LogP contribution in [0.3, 0.4) is 0 Å². The maximum Gasteiger partial charge on any atom is 0.224 e. The van der Waals surface area contributed by atoms with Crippen LogP contribution in [0, 0.1) is 0 Å². The second-order valence-corrected chi connectivity index (χ2v) is 4.20. The van der Waals surface area contributed by atoms with Gasteiger partial charge in [-0.25, -0.2) is 0 Å². The molecule has 0 radical (unpaired) electrons. The number of nitrogens with zero attached hydrogens (tertiary/aromatic N) is 1. The molecule has 1 aromatic carbocycles. The van der Waals surface area contributed by atoms with E-state index in [9.17, 15) is 4.79 Å². The van der Waals surface area contributed by atoms with Crippen LogP contribution in [-0.4, -0.2) is 10.9 Å². The predicted octanol–water partition coefficient (Wildman–Crippen LogP) is 3.63. The van der Waals surface area contributed by atoms with Gasteiger partial charge < -0.3 is 5.32 Å². The number of hydrogen-bond donors (Lipinski definition) is 1. The zero-order valence-electron chi connectivity index (χ0n) is 9.53. The van der Waals surface area contributed by atoms with E-state index in [4.69, 9.17) is 11.6 Å². The van der Waals surface area contributed by atoms with Crippen molar-refractivity contribution >= 4 is 34.1 Å². The van der Waals surface area contributed by atoms with Crippen molar-refractivity contribution in [1.29, 1.82) is 0 Å². The van der Waals surface area contributed by atoms with E-state index >= 15 is 0 Å². The number of aromatic nitrogens is 1. The summed E-state index contributed by atoms with van der Waals surface area (Å²) in [6, 6.07) is 7.28. The van der Waals surface area contributed by atoms with E-state index in [1.165, 1.54) is 0 Å². The fraction of sp³-hybridized carbons (Fsp3) is 0.231. The lowest BCUT2D eigenvalue weighted by atomic mass is 10.1. The average molecular weight is 249 g/mol. The van der Waals surface area contributed by atoms with Crippen molar-refractivity contribution in [1.82, 2.24) is 4.98 Å². The Hall–Kier alpha value is -1.61. The maximum absolute atomic E-state index is 11.6. The number of amides is 1. The molecule has 0 spiro atoms. The molecule has 0 saturated carbocycles. The van der Waals surface area contributed by atoms with Crippen molar-refractivity contribution in [3.05, 3.63) is 35.5 Å². The van der Waals surface area contributed by atoms with Crippen LogP contribution < -0.4 is 5.32 Å². The second kappa shape index (κ2) is 5.15. The molecule has 1 aromatic heterocycles. The van der Waals surface area contributed by atoms with E-state index in [-0.39, 0.29) is 5.91 Å². The molecule has 0 saturated heterocycles. The van der Waals surface area contributed by atoms with E-state index in [2.05, 4.69) is 10.3 Å². The van der Waals surface area contributed by atoms with Crippen molar-refractivity contribution in [2.75, 3.05) is 5.32 Å². The summed E-state index contributed by atoms with van der Waals surface area (Å²) < 4.78 is 0. The second-order valence-electron chi connectivity index (χ2n) is 3.79. The molecule has 88 valence electrons. The highest BCUT2D eigenvalue weighted by Crippen LogP contribution is 2.27. The summed E-state index contributed by atoms with van der Waals surface area (Å²) >= 11 is 6.05. The van der Waals surface area contributed by atoms with E-state index in [0.29, 0.717) is 17.0 Å². The van der Waals surface area contributed by atoms with Crippen molar-refractivity contribution in [3.8, 4) is 0 Å². The first-order chi connectivity index (χ1) is 8.22. The first-order valence-corrected chi connectivity index (χ1v) is 5.93. The third-order valence-electron chi connectivity index (χ3n) is 2.47. The number of fused-ring (bicyclic) bond motifs is 1. The predicted molar refractivity (Wildman–Crippen MR) is 70.3 cm³/mol. The monoisotopic (exact) mass is 248 g/mol. The zero-order chi connectivity index (χ0) is 12.3. The molecule has 0 unspecified atom stereocenters. The lowest BCUT2D eigenvalue weighted by Gasteiger charge is -2.08. The third kappa shape index (κ3) is 2.56. The van der Waals surface area contributed by atoms with Crippen LogP contribution in [0.25, 0.3) is 10.9 Å². The fourth-order valence-electron chi connectivity index (χ4n) is 1.69. The number of benzene rings is 1. The Balaban J connectivity index is 2.41. The number of nitrogens with one attached hydrogen (secondary N) is 1. The van der Waals surface area contributed by atoms with Crippen LogP contribution in [0.5, 0.6) is 0 Å². The smallest absolute Gasteiger partial charge is 0.224 e. The van der Waals surface area contributed by atoms with E-state index in [1.54, 1.807) is 18.3 Å². The molecule has 0 fully saturated rings. The molecule has 1 amide bonds. The van der Waals surface area contributed by atoms with Crippen LogP contribution >= 0.6 is 11.6 Å². The van der Waals surface area contributed by atoms with E-state index < -0.39 is 0 Å². The molecular formula is C13H13ClN2O. The van der Waals surface area contributed by atoms with Gasteiger partial charge in [0.2, 0.25) is 5.91 Å². The standard InChI is InChI=1S/C13H13ClN2O/c1-2-4-12(17)16-11-7-6-10(14)13-9(11)5-3-8-15-13/h3,5-8H,2,4H2,1H3,(H,16,17). The lowest BCUT2D eigenvalue weighted by Crippen LogP contribution is -2.10. The molecule has 17 heavy (non-hydrogen) atoms. The highest BCUT2D eigenvalue weighted by atomic mass is 35.5. The molecule has 1 heterocycles. The van der Waals surface area contributed by atoms with Gasteiger partial charge in [0.1, 0.15) is 0 Å². The minimum atomic E-state index is 0.0139. The molecule has 2 rings (SSSR count). The van der Waals surface area contributed by atoms with Crippen molar-refractivity contribution in [3.63, 3.8) is 0 Å². The van der Waals surface area contributed by atoms with Crippen LogP contribution in [0.15, 0.2) is 30.5 Å². The first-order valence-electron chi connectivity index (χ1n) is 5.55. The highest BCUT2D eigenvalue weighted by Gasteiger charge is 2.07. The Morgan fingerprint density at radius 1 is 1.41 bits per heavy atom. The van der Waals surface area contributed by atoms with Crippen LogP contribution in [-0.2, 0) is 4.79 Å². The van der Waals surface area contributed by atoms with Gasteiger partial charge in [-0.15, -0.1) is 0 Å². The maximum atomic E-state index is 11.6. The molecule has 0 aliphatic rings. The molecular weight excluding hydrogens is 236 g/mol. The van der Waals surface area contributed by atoms with Crippen LogP contribution in [0.1, 0.15) is 19.8 Å². The molecule has 4 heteroatoms. The van der Waals surface area contributed by atoms with Gasteiger partial charge in [0.05, 0.1) is 16.2 Å². The Kier molecular flexibility index (Phi) is 3.59. The number of anilines is 1. The summed E-state index contributed by atoms with van der Waals surface area (Å²) in [5.41, 5.74) is 1.47. The Bertz CT molecular complexity index is 554. The summed E-state index contributed by atoms with van der Waals surface area (Å²) in [4.78, 5) is 15.8. The van der Waals surface area contributed by atoms with E-state index in [0.717, 1.165) is 17.5 Å². The lowest BCUT2D eigenvalue weighted by molar-refractivity contribution is -0.116. The number of carbonyl (C=O) groups is 1. The number of rotatable bonds is 3. The molecule has 3 nitrogen and oxygen atoms in total. The van der Waals surface area contributed by atoms with Crippen molar-refractivity contribution < 1.29 is 4.79 Å². The quantitative estimate of drug-likeness (QED) is 0.901. The summed E-state index contributed by atoms with van der Waals surface area (Å²) in [5, 5.41) is 4.33. The summed E-state index contributed by atoms with van der Waals surface area (Å²) in [5.74, 6) is 0.0139.